The Bertz CT molecular complexity index is 633. The van der Waals surface area contributed by atoms with Gasteiger partial charge in [-0.3, -0.25) is 0 Å². The molecule has 27 heavy (non-hydrogen) atoms. The molecular weight excluding hydrogens is 331 g/mol. The summed E-state index contributed by atoms with van der Waals surface area (Å²) in [5.74, 6) is 4.13. The molecule has 5 atom stereocenters. The zero-order valence-electron chi connectivity index (χ0n) is 17.6. The van der Waals surface area contributed by atoms with Crippen molar-refractivity contribution in [2.75, 3.05) is 0 Å². The van der Waals surface area contributed by atoms with Gasteiger partial charge in [0.25, 0.3) is 0 Å². The van der Waals surface area contributed by atoms with Crippen LogP contribution in [0.4, 0.5) is 4.39 Å². The zero-order chi connectivity index (χ0) is 18.8. The molecule has 0 aromatic heterocycles. The van der Waals surface area contributed by atoms with Crippen LogP contribution < -0.4 is 0 Å². The van der Waals surface area contributed by atoms with Gasteiger partial charge in [-0.2, -0.15) is 0 Å². The Hall–Kier alpha value is -0.850. The number of fused-ring (bicyclic) bond motifs is 2. The van der Waals surface area contributed by atoms with Gasteiger partial charge in [0.15, 0.2) is 0 Å². The number of aryl methyl sites for hydroxylation is 1. The van der Waals surface area contributed by atoms with Gasteiger partial charge in [0, 0.05) is 0 Å². The van der Waals surface area contributed by atoms with E-state index in [9.17, 15) is 0 Å². The van der Waals surface area contributed by atoms with E-state index < -0.39 is 0 Å². The zero-order valence-corrected chi connectivity index (χ0v) is 17.6. The predicted octanol–water partition coefficient (Wildman–Crippen LogP) is 7.83. The Balaban J connectivity index is 1.44. The van der Waals surface area contributed by atoms with E-state index in [1.54, 1.807) is 0 Å². The molecule has 0 spiro atoms. The standard InChI is InChI=1S/C26H39F/c1-3-5-18-7-9-21-15-23(12-11-20(21)13-18)25-16-22-10-8-19(6-4-2)14-24(22)17-26(25)27/h16-21,23H,3-15H2,1-2H3. The van der Waals surface area contributed by atoms with Crippen LogP contribution in [0.1, 0.15) is 107 Å². The third-order valence-electron chi connectivity index (χ3n) is 8.20. The van der Waals surface area contributed by atoms with Crippen LogP contribution >= 0.6 is 0 Å². The van der Waals surface area contributed by atoms with E-state index in [0.29, 0.717) is 5.92 Å². The summed E-state index contributed by atoms with van der Waals surface area (Å²) < 4.78 is 15.1. The van der Waals surface area contributed by atoms with Crippen molar-refractivity contribution in [2.45, 2.75) is 103 Å². The molecule has 0 nitrogen and oxygen atoms in total. The fourth-order valence-electron chi connectivity index (χ4n) is 6.78. The Kier molecular flexibility index (Phi) is 6.25. The average molecular weight is 371 g/mol. The summed E-state index contributed by atoms with van der Waals surface area (Å²) >= 11 is 0. The number of halogens is 1. The highest BCUT2D eigenvalue weighted by molar-refractivity contribution is 5.37. The summed E-state index contributed by atoms with van der Waals surface area (Å²) in [5.41, 5.74) is 3.85. The summed E-state index contributed by atoms with van der Waals surface area (Å²) in [6, 6.07) is 4.22. The second-order valence-electron chi connectivity index (χ2n) is 10.0. The molecule has 1 aromatic rings. The van der Waals surface area contributed by atoms with Crippen molar-refractivity contribution in [3.8, 4) is 0 Å². The lowest BCUT2D eigenvalue weighted by atomic mass is 9.63. The van der Waals surface area contributed by atoms with Gasteiger partial charge < -0.3 is 0 Å². The molecule has 2 saturated carbocycles. The lowest BCUT2D eigenvalue weighted by Gasteiger charge is -2.42. The van der Waals surface area contributed by atoms with Gasteiger partial charge in [0.05, 0.1) is 0 Å². The van der Waals surface area contributed by atoms with Gasteiger partial charge in [-0.05, 0) is 104 Å². The molecule has 5 unspecified atom stereocenters. The molecule has 1 aromatic carbocycles. The summed E-state index contributed by atoms with van der Waals surface area (Å²) in [6.07, 6.45) is 17.0. The largest absolute Gasteiger partial charge is 0.207 e. The smallest absolute Gasteiger partial charge is 0.126 e. The Morgan fingerprint density at radius 3 is 2.37 bits per heavy atom. The van der Waals surface area contributed by atoms with Crippen molar-refractivity contribution < 1.29 is 4.39 Å². The lowest BCUT2D eigenvalue weighted by Crippen LogP contribution is -2.30. The number of benzene rings is 1. The van der Waals surface area contributed by atoms with Gasteiger partial charge in [0.1, 0.15) is 5.82 Å². The van der Waals surface area contributed by atoms with Crippen LogP contribution in [0.5, 0.6) is 0 Å². The molecule has 0 amide bonds. The van der Waals surface area contributed by atoms with E-state index in [4.69, 9.17) is 0 Å². The lowest BCUT2D eigenvalue weighted by molar-refractivity contribution is 0.113. The van der Waals surface area contributed by atoms with Crippen LogP contribution in [-0.2, 0) is 12.8 Å². The Morgan fingerprint density at radius 1 is 0.815 bits per heavy atom. The molecule has 0 aliphatic heterocycles. The molecule has 3 aliphatic rings. The second kappa shape index (κ2) is 8.66. The summed E-state index contributed by atoms with van der Waals surface area (Å²) in [7, 11) is 0. The summed E-state index contributed by atoms with van der Waals surface area (Å²) in [6.45, 7) is 4.59. The Labute approximate surface area is 166 Å². The SMILES string of the molecule is CCCC1CCc2cc(C3CCC4CC(CCC)CCC4C3)c(F)cc2C1. The monoisotopic (exact) mass is 370 g/mol. The molecule has 0 N–H and O–H groups in total. The molecule has 0 bridgehead atoms. The van der Waals surface area contributed by atoms with Crippen molar-refractivity contribution in [2.24, 2.45) is 23.7 Å². The highest BCUT2D eigenvalue weighted by Gasteiger charge is 2.36. The normalized spacial score (nSPS) is 33.4. The predicted molar refractivity (Wildman–Crippen MR) is 113 cm³/mol. The van der Waals surface area contributed by atoms with Crippen molar-refractivity contribution >= 4 is 0 Å². The first-order valence-electron chi connectivity index (χ1n) is 12.0. The van der Waals surface area contributed by atoms with Crippen LogP contribution in [0.2, 0.25) is 0 Å². The minimum Gasteiger partial charge on any atom is -0.207 e. The highest BCUT2D eigenvalue weighted by atomic mass is 19.1. The Morgan fingerprint density at radius 2 is 1.56 bits per heavy atom. The molecule has 1 heteroatoms. The molecule has 3 aliphatic carbocycles. The van der Waals surface area contributed by atoms with E-state index in [0.717, 1.165) is 35.7 Å². The van der Waals surface area contributed by atoms with Gasteiger partial charge in [0.2, 0.25) is 0 Å². The van der Waals surface area contributed by atoms with Gasteiger partial charge in [-0.15, -0.1) is 0 Å². The highest BCUT2D eigenvalue weighted by Crippen LogP contribution is 2.49. The fourth-order valence-corrected chi connectivity index (χ4v) is 6.78. The third-order valence-corrected chi connectivity index (χ3v) is 8.20. The molecular formula is C26H39F. The van der Waals surface area contributed by atoms with E-state index >= 15 is 4.39 Å². The molecule has 150 valence electrons. The topological polar surface area (TPSA) is 0 Å². The van der Waals surface area contributed by atoms with E-state index in [1.165, 1.54) is 88.2 Å². The molecule has 2 fully saturated rings. The molecule has 0 saturated heterocycles. The van der Waals surface area contributed by atoms with Gasteiger partial charge >= 0.3 is 0 Å². The number of rotatable bonds is 5. The molecule has 0 heterocycles. The maximum Gasteiger partial charge on any atom is 0.126 e. The van der Waals surface area contributed by atoms with E-state index in [2.05, 4.69) is 19.9 Å². The van der Waals surface area contributed by atoms with E-state index in [1.807, 2.05) is 6.07 Å². The van der Waals surface area contributed by atoms with Crippen molar-refractivity contribution in [3.05, 3.63) is 34.6 Å². The second-order valence-corrected chi connectivity index (χ2v) is 10.0. The minimum absolute atomic E-state index is 0.106. The maximum absolute atomic E-state index is 15.1. The number of hydrogen-bond donors (Lipinski definition) is 0. The minimum atomic E-state index is 0.106. The molecule has 4 rings (SSSR count). The van der Waals surface area contributed by atoms with Crippen LogP contribution in [-0.4, -0.2) is 0 Å². The summed E-state index contributed by atoms with van der Waals surface area (Å²) in [4.78, 5) is 0. The first-order chi connectivity index (χ1) is 13.2. The molecule has 0 radical (unpaired) electrons. The van der Waals surface area contributed by atoms with Crippen LogP contribution in [0, 0.1) is 29.5 Å². The van der Waals surface area contributed by atoms with Gasteiger partial charge in [-0.1, -0.05) is 52.0 Å². The first kappa shape index (κ1) is 19.5. The quantitative estimate of drug-likeness (QED) is 0.495. The first-order valence-corrected chi connectivity index (χ1v) is 12.0. The van der Waals surface area contributed by atoms with Crippen LogP contribution in [0.3, 0.4) is 0 Å². The van der Waals surface area contributed by atoms with Crippen molar-refractivity contribution in [1.29, 1.82) is 0 Å². The van der Waals surface area contributed by atoms with Crippen molar-refractivity contribution in [1.82, 2.24) is 0 Å². The van der Waals surface area contributed by atoms with Gasteiger partial charge in [-0.25, -0.2) is 4.39 Å². The fraction of sp³-hybridized carbons (Fsp3) is 0.769. The van der Waals surface area contributed by atoms with Crippen molar-refractivity contribution in [3.63, 3.8) is 0 Å². The van der Waals surface area contributed by atoms with E-state index in [-0.39, 0.29) is 5.82 Å². The summed E-state index contributed by atoms with van der Waals surface area (Å²) in [5, 5.41) is 0. The third kappa shape index (κ3) is 4.28. The average Bonchev–Trinajstić information content (AvgIpc) is 2.67. The van der Waals surface area contributed by atoms with Crippen LogP contribution in [0.25, 0.3) is 0 Å². The van der Waals surface area contributed by atoms with Crippen LogP contribution in [0.15, 0.2) is 12.1 Å². The number of hydrogen-bond acceptors (Lipinski definition) is 0. The maximum atomic E-state index is 15.1.